The van der Waals surface area contributed by atoms with Gasteiger partial charge in [-0.25, -0.2) is 18.0 Å². The molecule has 0 saturated heterocycles. The highest BCUT2D eigenvalue weighted by Crippen LogP contribution is 2.27. The Balaban J connectivity index is 2.40. The highest BCUT2D eigenvalue weighted by atomic mass is 19.2. The van der Waals surface area contributed by atoms with E-state index in [1.165, 1.54) is 4.90 Å². The molecule has 0 N–H and O–H groups in total. The molecule has 2 rings (SSSR count). The lowest BCUT2D eigenvalue weighted by molar-refractivity contribution is -0.147. The van der Waals surface area contributed by atoms with Crippen LogP contribution in [0.1, 0.15) is 28.6 Å². The number of likely N-dealkylation sites (N-methyl/N-ethyl adjacent to an activating group) is 1. The van der Waals surface area contributed by atoms with E-state index >= 15 is 0 Å². The largest absolute Gasteiger partial charge is 0.468 e. The van der Waals surface area contributed by atoms with Crippen LogP contribution in [0.15, 0.2) is 16.7 Å². The van der Waals surface area contributed by atoms with Crippen LogP contribution in [0.4, 0.5) is 13.2 Å². The van der Waals surface area contributed by atoms with Crippen LogP contribution in [0.25, 0.3) is 0 Å². The summed E-state index contributed by atoms with van der Waals surface area (Å²) in [4.78, 5) is 13.6. The van der Waals surface area contributed by atoms with Gasteiger partial charge < -0.3 is 9.26 Å². The molecule has 24 heavy (non-hydrogen) atoms. The molecule has 0 amide bonds. The molecule has 0 bridgehead atoms. The van der Waals surface area contributed by atoms with Crippen molar-refractivity contribution in [1.29, 1.82) is 0 Å². The number of esters is 1. The van der Waals surface area contributed by atoms with E-state index in [-0.39, 0.29) is 12.1 Å². The van der Waals surface area contributed by atoms with E-state index in [1.807, 2.05) is 0 Å². The maximum absolute atomic E-state index is 13.5. The molecule has 1 aromatic heterocycles. The maximum Gasteiger partial charge on any atom is 0.327 e. The predicted molar refractivity (Wildman–Crippen MR) is 78.5 cm³/mol. The first-order valence-corrected chi connectivity index (χ1v) is 7.10. The van der Waals surface area contributed by atoms with E-state index < -0.39 is 29.5 Å². The smallest absolute Gasteiger partial charge is 0.327 e. The summed E-state index contributed by atoms with van der Waals surface area (Å²) in [6.45, 7) is 3.68. The molecule has 5 nitrogen and oxygen atoms in total. The van der Waals surface area contributed by atoms with Gasteiger partial charge in [0, 0.05) is 12.1 Å². The molecule has 1 atom stereocenters. The number of nitrogens with zero attached hydrogens (tertiary/aromatic N) is 2. The van der Waals surface area contributed by atoms with E-state index in [4.69, 9.17) is 9.26 Å². The van der Waals surface area contributed by atoms with Crippen molar-refractivity contribution in [2.24, 2.45) is 0 Å². The van der Waals surface area contributed by atoms with Crippen LogP contribution in [0, 0.1) is 31.3 Å². The summed E-state index contributed by atoms with van der Waals surface area (Å²) < 4.78 is 50.0. The first-order chi connectivity index (χ1) is 11.3. The minimum atomic E-state index is -1.59. The molecule has 1 heterocycles. The number of carbonyl (C=O) groups excluding carboxylic acids is 1. The number of ether oxygens (including phenoxy) is 1. The van der Waals surface area contributed by atoms with Crippen LogP contribution in [-0.2, 0) is 16.1 Å². The second-order valence-electron chi connectivity index (χ2n) is 5.44. The number of aromatic nitrogens is 1. The van der Waals surface area contributed by atoms with Crippen LogP contribution in [-0.4, -0.2) is 30.2 Å². The Labute approximate surface area is 137 Å². The molecule has 1 aromatic carbocycles. The van der Waals surface area contributed by atoms with Gasteiger partial charge in [0.25, 0.3) is 0 Å². The molecule has 130 valence electrons. The summed E-state index contributed by atoms with van der Waals surface area (Å²) >= 11 is 0. The molecule has 0 fully saturated rings. The Morgan fingerprint density at radius 2 is 1.88 bits per heavy atom. The quantitative estimate of drug-likeness (QED) is 0.617. The summed E-state index contributed by atoms with van der Waals surface area (Å²) in [5.74, 6) is -4.49. The van der Waals surface area contributed by atoms with Crippen LogP contribution in [0.2, 0.25) is 0 Å². The summed E-state index contributed by atoms with van der Waals surface area (Å²) in [5, 5.41) is 3.82. The first kappa shape index (κ1) is 18.0. The van der Waals surface area contributed by atoms with E-state index in [9.17, 15) is 18.0 Å². The van der Waals surface area contributed by atoms with Crippen molar-refractivity contribution in [1.82, 2.24) is 10.1 Å². The molecule has 8 heteroatoms. The Hall–Kier alpha value is -2.35. The molecule has 0 spiro atoms. The third-order valence-corrected chi connectivity index (χ3v) is 3.78. The van der Waals surface area contributed by atoms with E-state index in [0.29, 0.717) is 11.5 Å². The monoisotopic (exact) mass is 342 g/mol. The maximum atomic E-state index is 13.5. The Morgan fingerprint density at radius 1 is 1.29 bits per heavy atom. The molecule has 0 aliphatic heterocycles. The van der Waals surface area contributed by atoms with Crippen LogP contribution in [0.5, 0.6) is 0 Å². The van der Waals surface area contributed by atoms with Gasteiger partial charge in [0.15, 0.2) is 17.5 Å². The van der Waals surface area contributed by atoms with E-state index in [2.05, 4.69) is 5.16 Å². The molecular formula is C16H17F3N2O3. The van der Waals surface area contributed by atoms with E-state index in [1.54, 1.807) is 20.9 Å². The van der Waals surface area contributed by atoms with Gasteiger partial charge in [0.1, 0.15) is 11.8 Å². The number of halogens is 3. The second-order valence-corrected chi connectivity index (χ2v) is 5.44. The minimum Gasteiger partial charge on any atom is -0.468 e. The number of hydrogen-bond donors (Lipinski definition) is 0. The van der Waals surface area contributed by atoms with Crippen molar-refractivity contribution in [2.45, 2.75) is 26.4 Å². The van der Waals surface area contributed by atoms with Gasteiger partial charge in [-0.1, -0.05) is 5.16 Å². The zero-order valence-electron chi connectivity index (χ0n) is 13.7. The third-order valence-electron chi connectivity index (χ3n) is 3.78. The van der Waals surface area contributed by atoms with Gasteiger partial charge in [-0.15, -0.1) is 0 Å². The number of aryl methyl sites for hydroxylation is 2. The van der Waals surface area contributed by atoms with Gasteiger partial charge in [0.2, 0.25) is 0 Å². The zero-order chi connectivity index (χ0) is 18.0. The van der Waals surface area contributed by atoms with Gasteiger partial charge in [0.05, 0.1) is 12.8 Å². The Bertz CT molecular complexity index is 719. The Kier molecular flexibility index (Phi) is 5.28. The molecule has 0 radical (unpaired) electrons. The molecule has 0 aliphatic rings. The standard InChI is InChI=1S/C16H17F3N2O3/c1-8-11(9(2)24-20-8)7-21(3)15(16(22)23-4)10-5-12(17)14(19)13(18)6-10/h5-6,15H,7H2,1-4H3/t15-/m0/s1. The Morgan fingerprint density at radius 3 is 2.33 bits per heavy atom. The highest BCUT2D eigenvalue weighted by molar-refractivity contribution is 5.77. The number of hydrogen-bond acceptors (Lipinski definition) is 5. The summed E-state index contributed by atoms with van der Waals surface area (Å²) in [6.07, 6.45) is 0. The van der Waals surface area contributed by atoms with Gasteiger partial charge in [-0.2, -0.15) is 0 Å². The van der Waals surface area contributed by atoms with Crippen molar-refractivity contribution in [3.8, 4) is 0 Å². The fourth-order valence-corrected chi connectivity index (χ4v) is 2.48. The summed E-state index contributed by atoms with van der Waals surface area (Å²) in [6, 6.07) is 0.446. The van der Waals surface area contributed by atoms with Crippen LogP contribution in [0.3, 0.4) is 0 Å². The van der Waals surface area contributed by atoms with Gasteiger partial charge in [-0.05, 0) is 38.6 Å². The van der Waals surface area contributed by atoms with Crippen molar-refractivity contribution in [3.63, 3.8) is 0 Å². The molecule has 0 unspecified atom stereocenters. The van der Waals surface area contributed by atoms with Crippen molar-refractivity contribution in [3.05, 3.63) is 52.2 Å². The lowest BCUT2D eigenvalue weighted by atomic mass is 10.0. The average molecular weight is 342 g/mol. The normalized spacial score (nSPS) is 12.5. The lowest BCUT2D eigenvalue weighted by Crippen LogP contribution is -2.32. The minimum absolute atomic E-state index is 0.0486. The topological polar surface area (TPSA) is 55.6 Å². The molecule has 0 aliphatic carbocycles. The number of rotatable bonds is 5. The summed E-state index contributed by atoms with van der Waals surface area (Å²) in [7, 11) is 2.74. The van der Waals surface area contributed by atoms with Gasteiger partial charge >= 0.3 is 5.97 Å². The van der Waals surface area contributed by atoms with Crippen LogP contribution >= 0.6 is 0 Å². The second kappa shape index (κ2) is 7.04. The summed E-state index contributed by atoms with van der Waals surface area (Å²) in [5.41, 5.74) is 1.33. The first-order valence-electron chi connectivity index (χ1n) is 7.10. The number of benzene rings is 1. The van der Waals surface area contributed by atoms with Crippen molar-refractivity contribution >= 4 is 5.97 Å². The SMILES string of the molecule is COC(=O)[C@H](c1cc(F)c(F)c(F)c1)N(C)Cc1c(C)noc1C. The van der Waals surface area contributed by atoms with Crippen molar-refractivity contribution in [2.75, 3.05) is 14.2 Å². The van der Waals surface area contributed by atoms with Crippen LogP contribution < -0.4 is 0 Å². The fourth-order valence-electron chi connectivity index (χ4n) is 2.48. The average Bonchev–Trinajstić information content (AvgIpc) is 2.84. The molecular weight excluding hydrogens is 325 g/mol. The molecule has 0 saturated carbocycles. The lowest BCUT2D eigenvalue weighted by Gasteiger charge is -2.26. The third kappa shape index (κ3) is 3.43. The molecule has 2 aromatic rings. The highest BCUT2D eigenvalue weighted by Gasteiger charge is 2.29. The number of carbonyl (C=O) groups is 1. The van der Waals surface area contributed by atoms with E-state index in [0.717, 1.165) is 24.8 Å². The number of methoxy groups -OCH3 is 1. The van der Waals surface area contributed by atoms with Crippen molar-refractivity contribution < 1.29 is 27.2 Å². The fraction of sp³-hybridized carbons (Fsp3) is 0.375. The predicted octanol–water partition coefficient (Wildman–Crippen LogP) is 3.05. The zero-order valence-corrected chi connectivity index (χ0v) is 13.7. The van der Waals surface area contributed by atoms with Gasteiger partial charge in [-0.3, -0.25) is 4.90 Å².